The Labute approximate surface area is 269 Å². The molecule has 236 valence electrons. The summed E-state index contributed by atoms with van der Waals surface area (Å²) in [4.78, 5) is 16.9. The molecule has 1 aliphatic heterocycles. The fourth-order valence-corrected chi connectivity index (χ4v) is 8.62. The van der Waals surface area contributed by atoms with E-state index in [0.29, 0.717) is 48.8 Å². The van der Waals surface area contributed by atoms with E-state index in [1.165, 1.54) is 0 Å². The Hall–Kier alpha value is -1.68. The van der Waals surface area contributed by atoms with Crippen LogP contribution in [-0.2, 0) is 19.6 Å². The van der Waals surface area contributed by atoms with Gasteiger partial charge in [0, 0.05) is 43.2 Å². The summed E-state index contributed by atoms with van der Waals surface area (Å²) in [5.41, 5.74) is 1.10. The molecule has 1 amide bonds. The minimum absolute atomic E-state index is 0.0314. The maximum Gasteiger partial charge on any atom is 0.232 e. The molecule has 1 saturated carbocycles. The summed E-state index contributed by atoms with van der Waals surface area (Å²) < 4.78 is 35.0. The molecule has 0 radical (unpaired) electrons. The summed E-state index contributed by atoms with van der Waals surface area (Å²) in [7, 11) is -4.78. The predicted octanol–water partition coefficient (Wildman–Crippen LogP) is 7.83. The van der Waals surface area contributed by atoms with Gasteiger partial charge in [0.15, 0.2) is 0 Å². The van der Waals surface area contributed by atoms with E-state index in [9.17, 15) is 13.2 Å². The predicted molar refractivity (Wildman–Crippen MR) is 180 cm³/mol. The van der Waals surface area contributed by atoms with Crippen LogP contribution in [0.5, 0.6) is 0 Å². The van der Waals surface area contributed by atoms with E-state index in [-0.39, 0.29) is 42.3 Å². The van der Waals surface area contributed by atoms with E-state index in [1.54, 1.807) is 0 Å². The number of benzene rings is 2. The molecule has 6 nitrogen and oxygen atoms in total. The van der Waals surface area contributed by atoms with Gasteiger partial charge >= 0.3 is 0 Å². The van der Waals surface area contributed by atoms with E-state index < -0.39 is 23.5 Å². The second kappa shape index (κ2) is 14.2. The van der Waals surface area contributed by atoms with Crippen molar-refractivity contribution >= 4 is 47.2 Å². The van der Waals surface area contributed by atoms with Crippen LogP contribution in [0.1, 0.15) is 62.1 Å². The zero-order valence-electron chi connectivity index (χ0n) is 25.8. The molecule has 2 fully saturated rings. The van der Waals surface area contributed by atoms with Crippen molar-refractivity contribution in [3.8, 4) is 0 Å². The highest BCUT2D eigenvalue weighted by atomic mass is 35.5. The van der Waals surface area contributed by atoms with Crippen LogP contribution >= 0.6 is 23.2 Å². The smallest absolute Gasteiger partial charge is 0.232 e. The van der Waals surface area contributed by atoms with Crippen molar-refractivity contribution < 1.29 is 17.9 Å². The fourth-order valence-electron chi connectivity index (χ4n) is 6.12. The Balaban J connectivity index is 1.82. The molecule has 43 heavy (non-hydrogen) atoms. The standard InChI is InChI=1S/C33H46Cl2N2O4SSi/c1-6-17-33(23-41-18-19-43(3,4)5)21-30(25-9-8-10-27(35)20-25)31(24-11-13-26(34)14-12-24)37(32(33)38)28(7-2)22-36-42(39,40)29-15-16-29/h6,8-14,20,28-31,36H,1,7,15-19,21-23H2,2-5H3/t28?,30-,31-,33+/m1/s1. The van der Waals surface area contributed by atoms with Crippen LogP contribution in [0.15, 0.2) is 61.2 Å². The molecule has 1 heterocycles. The zero-order valence-corrected chi connectivity index (χ0v) is 29.1. The summed E-state index contributed by atoms with van der Waals surface area (Å²) in [6.45, 7) is 14.0. The van der Waals surface area contributed by atoms with E-state index in [4.69, 9.17) is 27.9 Å². The summed E-state index contributed by atoms with van der Waals surface area (Å²) in [5, 5.41) is 0.895. The average Bonchev–Trinajstić information content (AvgIpc) is 3.80. The first kappa shape index (κ1) is 34.2. The van der Waals surface area contributed by atoms with Crippen molar-refractivity contribution in [2.45, 2.75) is 88.0 Å². The van der Waals surface area contributed by atoms with Gasteiger partial charge in [-0.2, -0.15) is 0 Å². The Morgan fingerprint density at radius 2 is 1.81 bits per heavy atom. The van der Waals surface area contributed by atoms with E-state index in [2.05, 4.69) is 37.0 Å². The normalized spacial score (nSPS) is 23.8. The minimum Gasteiger partial charge on any atom is -0.381 e. The first-order valence-electron chi connectivity index (χ1n) is 15.3. The molecule has 2 aromatic carbocycles. The third-order valence-electron chi connectivity index (χ3n) is 8.73. The number of piperidine rings is 1. The lowest BCUT2D eigenvalue weighted by Gasteiger charge is -2.53. The highest BCUT2D eigenvalue weighted by Crippen LogP contribution is 2.52. The molecule has 2 aromatic rings. The van der Waals surface area contributed by atoms with Crippen molar-refractivity contribution in [3.05, 3.63) is 82.4 Å². The number of nitrogens with zero attached hydrogens (tertiary/aromatic N) is 1. The quantitative estimate of drug-likeness (QED) is 0.120. The van der Waals surface area contributed by atoms with Crippen molar-refractivity contribution in [1.82, 2.24) is 9.62 Å². The minimum atomic E-state index is -3.44. The topological polar surface area (TPSA) is 75.7 Å². The molecule has 4 atom stereocenters. The second-order valence-corrected chi connectivity index (χ2v) is 21.9. The van der Waals surface area contributed by atoms with Crippen LogP contribution < -0.4 is 4.72 Å². The Morgan fingerprint density at radius 1 is 1.12 bits per heavy atom. The molecule has 4 rings (SSSR count). The van der Waals surface area contributed by atoms with Gasteiger partial charge in [-0.25, -0.2) is 13.1 Å². The molecule has 0 aromatic heterocycles. The number of allylic oxidation sites excluding steroid dienone is 1. The van der Waals surface area contributed by atoms with Gasteiger partial charge in [0.05, 0.1) is 23.3 Å². The highest BCUT2D eigenvalue weighted by Gasteiger charge is 2.53. The average molecular weight is 666 g/mol. The van der Waals surface area contributed by atoms with Crippen LogP contribution in [0.4, 0.5) is 0 Å². The third-order valence-corrected chi connectivity index (χ3v) is 12.8. The largest absolute Gasteiger partial charge is 0.381 e. The first-order valence-corrected chi connectivity index (χ1v) is 21.3. The number of rotatable bonds is 15. The number of carbonyl (C=O) groups is 1. The monoisotopic (exact) mass is 664 g/mol. The first-order chi connectivity index (χ1) is 20.3. The van der Waals surface area contributed by atoms with Crippen LogP contribution in [0.2, 0.25) is 35.7 Å². The highest BCUT2D eigenvalue weighted by molar-refractivity contribution is 7.90. The number of hydrogen-bond acceptors (Lipinski definition) is 4. The number of ether oxygens (including phenoxy) is 1. The van der Waals surface area contributed by atoms with Crippen molar-refractivity contribution in [2.75, 3.05) is 19.8 Å². The van der Waals surface area contributed by atoms with Crippen LogP contribution in [0.25, 0.3) is 0 Å². The van der Waals surface area contributed by atoms with Crippen LogP contribution in [0, 0.1) is 5.41 Å². The third kappa shape index (κ3) is 8.53. The van der Waals surface area contributed by atoms with E-state index in [0.717, 1.165) is 17.2 Å². The Morgan fingerprint density at radius 3 is 2.40 bits per heavy atom. The summed E-state index contributed by atoms with van der Waals surface area (Å²) in [6.07, 6.45) is 4.73. The second-order valence-electron chi connectivity index (χ2n) is 13.4. The number of nitrogens with one attached hydrogen (secondary N) is 1. The fraction of sp³-hybridized carbons (Fsp3) is 0.545. The number of amides is 1. The molecular formula is C33H46Cl2N2O4SSi. The van der Waals surface area contributed by atoms with E-state index in [1.807, 2.05) is 60.4 Å². The van der Waals surface area contributed by atoms with Crippen LogP contribution in [0.3, 0.4) is 0 Å². The van der Waals surface area contributed by atoms with Gasteiger partial charge in [-0.1, -0.05) is 80.1 Å². The SMILES string of the molecule is C=CC[C@@]1(COCC[Si](C)(C)C)C[C@H](c2cccc(Cl)c2)[C@@H](c2ccc(Cl)cc2)N(C(CC)CNS(=O)(=O)C2CC2)C1=O. The Bertz CT molecular complexity index is 1380. The van der Waals surface area contributed by atoms with Crippen molar-refractivity contribution in [3.63, 3.8) is 0 Å². The number of sulfonamides is 1. The number of likely N-dealkylation sites (tertiary alicyclic amines) is 1. The van der Waals surface area contributed by atoms with Gasteiger partial charge in [-0.05, 0) is 73.5 Å². The van der Waals surface area contributed by atoms with E-state index >= 15 is 0 Å². The van der Waals surface area contributed by atoms with Crippen LogP contribution in [-0.4, -0.2) is 58.3 Å². The molecule has 1 saturated heterocycles. The molecule has 0 bridgehead atoms. The molecule has 1 N–H and O–H groups in total. The van der Waals surface area contributed by atoms with Crippen molar-refractivity contribution in [1.29, 1.82) is 0 Å². The molecule has 2 aliphatic rings. The number of hydrogen-bond donors (Lipinski definition) is 1. The number of carbonyl (C=O) groups excluding carboxylic acids is 1. The maximum absolute atomic E-state index is 15.0. The Kier molecular flexibility index (Phi) is 11.3. The molecular weight excluding hydrogens is 619 g/mol. The van der Waals surface area contributed by atoms with Gasteiger partial charge in [0.2, 0.25) is 15.9 Å². The molecule has 10 heteroatoms. The molecule has 1 unspecified atom stereocenters. The lowest BCUT2D eigenvalue weighted by atomic mass is 9.66. The van der Waals surface area contributed by atoms with Gasteiger partial charge in [-0.15, -0.1) is 6.58 Å². The summed E-state index contributed by atoms with van der Waals surface area (Å²) in [6, 6.07) is 15.7. The maximum atomic E-state index is 15.0. The summed E-state index contributed by atoms with van der Waals surface area (Å²) in [5.74, 6) is -0.164. The lowest BCUT2D eigenvalue weighted by Crippen LogP contribution is -2.59. The zero-order chi connectivity index (χ0) is 31.4. The van der Waals surface area contributed by atoms with Crippen molar-refractivity contribution in [2.24, 2.45) is 5.41 Å². The van der Waals surface area contributed by atoms with Gasteiger partial charge in [-0.3, -0.25) is 4.79 Å². The summed E-state index contributed by atoms with van der Waals surface area (Å²) >= 11 is 12.8. The number of halogens is 2. The molecule has 1 aliphatic carbocycles. The molecule has 0 spiro atoms. The van der Waals surface area contributed by atoms with Gasteiger partial charge in [0.25, 0.3) is 0 Å². The van der Waals surface area contributed by atoms with Gasteiger partial charge < -0.3 is 9.64 Å². The lowest BCUT2D eigenvalue weighted by molar-refractivity contribution is -0.160. The van der Waals surface area contributed by atoms with Gasteiger partial charge in [0.1, 0.15) is 0 Å².